The summed E-state index contributed by atoms with van der Waals surface area (Å²) in [7, 11) is -4.25. The molecule has 0 saturated heterocycles. The van der Waals surface area contributed by atoms with E-state index >= 15 is 0 Å². The standard InChI is InChI=1S/C22H22N4O4S/c1-5-16-9-10-17(21(27)26-31(28,29)19-8-6-7-18(23)25-19)22(24-16)30-20-14(3)11-13(2)12-15(20)4/h5-12H,1H2,2-4H3,(H2,23,25)(H,26,27). The number of carbonyl (C=O) groups excluding carboxylic acids is 1. The molecule has 0 aliphatic carbocycles. The van der Waals surface area contributed by atoms with Crippen LogP contribution in [0.5, 0.6) is 11.6 Å². The highest BCUT2D eigenvalue weighted by atomic mass is 32.2. The number of hydrogen-bond acceptors (Lipinski definition) is 7. The molecule has 0 spiro atoms. The van der Waals surface area contributed by atoms with Crippen LogP contribution in [0.25, 0.3) is 6.08 Å². The predicted octanol–water partition coefficient (Wildman–Crippen LogP) is 3.54. The van der Waals surface area contributed by atoms with Gasteiger partial charge in [0.1, 0.15) is 17.1 Å². The highest BCUT2D eigenvalue weighted by Gasteiger charge is 2.24. The van der Waals surface area contributed by atoms with Crippen molar-refractivity contribution in [2.45, 2.75) is 25.8 Å². The molecule has 9 heteroatoms. The lowest BCUT2D eigenvalue weighted by atomic mass is 10.1. The molecular formula is C22H22N4O4S. The van der Waals surface area contributed by atoms with Crippen molar-refractivity contribution in [2.75, 3.05) is 5.73 Å². The topological polar surface area (TPSA) is 124 Å². The Balaban J connectivity index is 2.00. The van der Waals surface area contributed by atoms with Gasteiger partial charge in [0.2, 0.25) is 5.88 Å². The van der Waals surface area contributed by atoms with Crippen LogP contribution >= 0.6 is 0 Å². The Kier molecular flexibility index (Phi) is 6.07. The first-order chi connectivity index (χ1) is 14.6. The van der Waals surface area contributed by atoms with Crippen molar-refractivity contribution >= 4 is 27.8 Å². The molecule has 0 aliphatic heterocycles. The van der Waals surface area contributed by atoms with Gasteiger partial charge in [-0.15, -0.1) is 0 Å². The SMILES string of the molecule is C=Cc1ccc(C(=O)NS(=O)(=O)c2cccc(N)n2)c(Oc2c(C)cc(C)cc2C)n1. The molecule has 1 amide bonds. The molecule has 2 heterocycles. The summed E-state index contributed by atoms with van der Waals surface area (Å²) in [5.74, 6) is -0.402. The van der Waals surface area contributed by atoms with Crippen LogP contribution < -0.4 is 15.2 Å². The van der Waals surface area contributed by atoms with Crippen molar-refractivity contribution in [3.05, 3.63) is 77.0 Å². The summed E-state index contributed by atoms with van der Waals surface area (Å²) in [5, 5.41) is -0.371. The Morgan fingerprint density at radius 3 is 2.39 bits per heavy atom. The molecule has 8 nitrogen and oxygen atoms in total. The molecule has 3 aromatic rings. The lowest BCUT2D eigenvalue weighted by Crippen LogP contribution is -2.31. The second kappa shape index (κ2) is 8.57. The molecule has 3 rings (SSSR count). The van der Waals surface area contributed by atoms with Gasteiger partial charge in [-0.05, 0) is 62.2 Å². The van der Waals surface area contributed by atoms with Gasteiger partial charge in [-0.2, -0.15) is 8.42 Å². The van der Waals surface area contributed by atoms with Gasteiger partial charge in [0.15, 0.2) is 5.03 Å². The number of hydrogen-bond donors (Lipinski definition) is 2. The van der Waals surface area contributed by atoms with Crippen molar-refractivity contribution in [3.63, 3.8) is 0 Å². The maximum atomic E-state index is 12.9. The number of aryl methyl sites for hydroxylation is 3. The molecule has 0 radical (unpaired) electrons. The van der Waals surface area contributed by atoms with E-state index in [1.807, 2.05) is 37.6 Å². The Hall–Kier alpha value is -3.72. The summed E-state index contributed by atoms with van der Waals surface area (Å²) in [6.45, 7) is 9.39. The van der Waals surface area contributed by atoms with Gasteiger partial charge >= 0.3 is 0 Å². The monoisotopic (exact) mass is 438 g/mol. The first-order valence-electron chi connectivity index (χ1n) is 9.29. The van der Waals surface area contributed by atoms with Crippen LogP contribution in [0.1, 0.15) is 32.7 Å². The number of nitrogen functional groups attached to an aromatic ring is 1. The number of sulfonamides is 1. The largest absolute Gasteiger partial charge is 0.438 e. The van der Waals surface area contributed by atoms with Crippen LogP contribution in [0.2, 0.25) is 0 Å². The van der Waals surface area contributed by atoms with E-state index in [2.05, 4.69) is 16.5 Å². The number of ether oxygens (including phenoxy) is 1. The summed E-state index contributed by atoms with van der Waals surface area (Å²) in [6, 6.07) is 11.0. The lowest BCUT2D eigenvalue weighted by Gasteiger charge is -2.15. The summed E-state index contributed by atoms with van der Waals surface area (Å²) >= 11 is 0. The lowest BCUT2D eigenvalue weighted by molar-refractivity contribution is 0.0978. The Bertz CT molecular complexity index is 1260. The maximum Gasteiger partial charge on any atom is 0.281 e. The summed E-state index contributed by atoms with van der Waals surface area (Å²) in [6.07, 6.45) is 1.50. The minimum atomic E-state index is -4.25. The zero-order valence-corrected chi connectivity index (χ0v) is 18.2. The number of nitrogens with two attached hydrogens (primary N) is 1. The molecule has 0 bridgehead atoms. The van der Waals surface area contributed by atoms with Crippen LogP contribution in [0.3, 0.4) is 0 Å². The van der Waals surface area contributed by atoms with Gasteiger partial charge in [0.25, 0.3) is 15.9 Å². The minimum absolute atomic E-state index is 0.0154. The zero-order valence-electron chi connectivity index (χ0n) is 17.3. The Morgan fingerprint density at radius 1 is 1.10 bits per heavy atom. The number of rotatable bonds is 6. The van der Waals surface area contributed by atoms with Crippen LogP contribution in [0.15, 0.2) is 54.1 Å². The third-order valence-corrected chi connectivity index (χ3v) is 5.62. The van der Waals surface area contributed by atoms with Crippen molar-refractivity contribution < 1.29 is 17.9 Å². The van der Waals surface area contributed by atoms with Gasteiger partial charge in [-0.3, -0.25) is 4.79 Å². The van der Waals surface area contributed by atoms with Crippen LogP contribution in [-0.2, 0) is 10.0 Å². The summed E-state index contributed by atoms with van der Waals surface area (Å²) in [5.41, 5.74) is 8.73. The van der Waals surface area contributed by atoms with Crippen molar-refractivity contribution in [2.24, 2.45) is 0 Å². The summed E-state index contributed by atoms with van der Waals surface area (Å²) < 4.78 is 33.1. The smallest absolute Gasteiger partial charge is 0.281 e. The van der Waals surface area contributed by atoms with Crippen LogP contribution in [-0.4, -0.2) is 24.3 Å². The molecule has 3 N–H and O–H groups in total. The third-order valence-electron chi connectivity index (χ3n) is 4.39. The second-order valence-corrected chi connectivity index (χ2v) is 8.59. The molecule has 2 aromatic heterocycles. The van der Waals surface area contributed by atoms with E-state index in [1.165, 1.54) is 36.4 Å². The van der Waals surface area contributed by atoms with Crippen LogP contribution in [0, 0.1) is 20.8 Å². The van der Waals surface area contributed by atoms with Crippen molar-refractivity contribution in [1.29, 1.82) is 0 Å². The number of pyridine rings is 2. The fourth-order valence-electron chi connectivity index (χ4n) is 3.05. The molecule has 0 saturated carbocycles. The molecule has 0 unspecified atom stereocenters. The van der Waals surface area contributed by atoms with E-state index in [0.717, 1.165) is 16.7 Å². The van der Waals surface area contributed by atoms with Gasteiger partial charge in [0, 0.05) is 0 Å². The molecule has 1 aromatic carbocycles. The minimum Gasteiger partial charge on any atom is -0.438 e. The highest BCUT2D eigenvalue weighted by molar-refractivity contribution is 7.90. The van der Waals surface area contributed by atoms with Gasteiger partial charge < -0.3 is 10.5 Å². The molecule has 31 heavy (non-hydrogen) atoms. The van der Waals surface area contributed by atoms with Crippen molar-refractivity contribution in [1.82, 2.24) is 14.7 Å². The quantitative estimate of drug-likeness (QED) is 0.603. The van der Waals surface area contributed by atoms with E-state index in [-0.39, 0.29) is 22.3 Å². The molecule has 0 fully saturated rings. The van der Waals surface area contributed by atoms with E-state index in [0.29, 0.717) is 11.4 Å². The number of nitrogens with zero attached hydrogens (tertiary/aromatic N) is 2. The van der Waals surface area contributed by atoms with E-state index < -0.39 is 15.9 Å². The number of carbonyl (C=O) groups is 1. The fourth-order valence-corrected chi connectivity index (χ4v) is 4.00. The number of benzene rings is 1. The fraction of sp³-hybridized carbons (Fsp3) is 0.136. The molecule has 160 valence electrons. The average Bonchev–Trinajstić information content (AvgIpc) is 2.70. The van der Waals surface area contributed by atoms with E-state index in [4.69, 9.17) is 10.5 Å². The summed E-state index contributed by atoms with van der Waals surface area (Å²) in [4.78, 5) is 20.9. The normalized spacial score (nSPS) is 11.1. The first-order valence-corrected chi connectivity index (χ1v) is 10.8. The number of amides is 1. The number of aromatic nitrogens is 2. The van der Waals surface area contributed by atoms with Crippen LogP contribution in [0.4, 0.5) is 5.82 Å². The molecular weight excluding hydrogens is 416 g/mol. The molecule has 0 aliphatic rings. The highest BCUT2D eigenvalue weighted by Crippen LogP contribution is 2.31. The number of nitrogens with one attached hydrogen (secondary N) is 1. The van der Waals surface area contributed by atoms with Gasteiger partial charge in [0.05, 0.1) is 5.69 Å². The van der Waals surface area contributed by atoms with E-state index in [9.17, 15) is 13.2 Å². The maximum absolute atomic E-state index is 12.9. The predicted molar refractivity (Wildman–Crippen MR) is 118 cm³/mol. The Labute approximate surface area is 180 Å². The molecule has 0 atom stereocenters. The second-order valence-electron chi connectivity index (χ2n) is 6.96. The Morgan fingerprint density at radius 2 is 1.77 bits per heavy atom. The average molecular weight is 439 g/mol. The number of anilines is 1. The van der Waals surface area contributed by atoms with Gasteiger partial charge in [-0.25, -0.2) is 14.7 Å². The van der Waals surface area contributed by atoms with E-state index in [1.54, 1.807) is 0 Å². The first kappa shape index (κ1) is 22.0. The third kappa shape index (κ3) is 4.89. The van der Waals surface area contributed by atoms with Gasteiger partial charge in [-0.1, -0.05) is 30.3 Å². The van der Waals surface area contributed by atoms with Crippen molar-refractivity contribution in [3.8, 4) is 11.6 Å². The zero-order chi connectivity index (χ0) is 22.8.